The standard InChI is InChI=1S/C19H19NO2/c1-14(2)13-20-18-11-4-3-9-16(18)17(19(20)21)10-5-7-15-8-6-12-22-15/h3-12,14H,13H2,1-2H3/b7-5+,17-10-. The van der Waals surface area contributed by atoms with E-state index < -0.39 is 0 Å². The second-order valence-electron chi connectivity index (χ2n) is 5.78. The molecule has 0 spiro atoms. The second-order valence-corrected chi connectivity index (χ2v) is 5.78. The molecular formula is C19H19NO2. The summed E-state index contributed by atoms with van der Waals surface area (Å²) < 4.78 is 5.26. The number of carbonyl (C=O) groups excluding carboxylic acids is 1. The first-order chi connectivity index (χ1) is 10.7. The quantitative estimate of drug-likeness (QED) is 0.784. The van der Waals surface area contributed by atoms with E-state index in [0.29, 0.717) is 5.92 Å². The van der Waals surface area contributed by atoms with Crippen molar-refractivity contribution >= 4 is 23.2 Å². The predicted octanol–water partition coefficient (Wildman–Crippen LogP) is 4.38. The summed E-state index contributed by atoms with van der Waals surface area (Å²) in [6, 6.07) is 11.7. The average Bonchev–Trinajstić information content (AvgIpc) is 3.09. The van der Waals surface area contributed by atoms with E-state index in [-0.39, 0.29) is 5.91 Å². The van der Waals surface area contributed by atoms with E-state index in [1.165, 1.54) is 0 Å². The van der Waals surface area contributed by atoms with Gasteiger partial charge in [0.15, 0.2) is 0 Å². The Kier molecular flexibility index (Phi) is 3.96. The van der Waals surface area contributed by atoms with Gasteiger partial charge in [0, 0.05) is 17.7 Å². The molecule has 0 bridgehead atoms. The first-order valence-corrected chi connectivity index (χ1v) is 7.50. The molecule has 2 aromatic rings. The number of furan rings is 1. The van der Waals surface area contributed by atoms with E-state index in [0.717, 1.165) is 29.1 Å². The first-order valence-electron chi connectivity index (χ1n) is 7.50. The van der Waals surface area contributed by atoms with Crippen LogP contribution in [0.1, 0.15) is 25.2 Å². The van der Waals surface area contributed by atoms with Crippen molar-refractivity contribution in [2.75, 3.05) is 11.4 Å². The molecule has 2 heterocycles. The molecule has 22 heavy (non-hydrogen) atoms. The van der Waals surface area contributed by atoms with Crippen molar-refractivity contribution in [3.05, 3.63) is 66.1 Å². The fourth-order valence-corrected chi connectivity index (χ4v) is 2.64. The molecular weight excluding hydrogens is 274 g/mol. The van der Waals surface area contributed by atoms with Gasteiger partial charge in [-0.15, -0.1) is 0 Å². The lowest BCUT2D eigenvalue weighted by Crippen LogP contribution is -2.30. The molecule has 1 aliphatic heterocycles. The number of benzene rings is 1. The Bertz CT molecular complexity index is 724. The fourth-order valence-electron chi connectivity index (χ4n) is 2.64. The summed E-state index contributed by atoms with van der Waals surface area (Å²) in [7, 11) is 0. The van der Waals surface area contributed by atoms with Crippen LogP contribution < -0.4 is 4.90 Å². The number of fused-ring (bicyclic) bond motifs is 1. The summed E-state index contributed by atoms with van der Waals surface area (Å²) >= 11 is 0. The zero-order chi connectivity index (χ0) is 15.5. The number of hydrogen-bond acceptors (Lipinski definition) is 2. The first kappa shape index (κ1) is 14.4. The Labute approximate surface area is 130 Å². The second kappa shape index (κ2) is 6.06. The normalized spacial score (nSPS) is 16.2. The van der Waals surface area contributed by atoms with Gasteiger partial charge in [0.05, 0.1) is 12.0 Å². The molecule has 0 atom stereocenters. The van der Waals surface area contributed by atoms with E-state index in [2.05, 4.69) is 13.8 Å². The lowest BCUT2D eigenvalue weighted by Gasteiger charge is -2.19. The molecule has 3 heteroatoms. The van der Waals surface area contributed by atoms with E-state index in [9.17, 15) is 4.79 Å². The smallest absolute Gasteiger partial charge is 0.258 e. The highest BCUT2D eigenvalue weighted by Gasteiger charge is 2.31. The molecule has 0 fully saturated rings. The average molecular weight is 293 g/mol. The van der Waals surface area contributed by atoms with Crippen molar-refractivity contribution in [1.29, 1.82) is 0 Å². The molecule has 0 saturated carbocycles. The van der Waals surface area contributed by atoms with Gasteiger partial charge in [0.1, 0.15) is 5.76 Å². The maximum Gasteiger partial charge on any atom is 0.258 e. The minimum Gasteiger partial charge on any atom is -0.465 e. The summed E-state index contributed by atoms with van der Waals surface area (Å²) in [5, 5.41) is 0. The van der Waals surface area contributed by atoms with E-state index in [1.807, 2.05) is 59.5 Å². The van der Waals surface area contributed by atoms with Gasteiger partial charge in [-0.1, -0.05) is 38.1 Å². The van der Waals surface area contributed by atoms with Crippen molar-refractivity contribution in [1.82, 2.24) is 0 Å². The maximum atomic E-state index is 12.7. The third-order valence-corrected chi connectivity index (χ3v) is 3.57. The van der Waals surface area contributed by atoms with Crippen LogP contribution in [0.5, 0.6) is 0 Å². The van der Waals surface area contributed by atoms with Gasteiger partial charge in [-0.05, 0) is 36.3 Å². The van der Waals surface area contributed by atoms with Crippen LogP contribution in [0, 0.1) is 5.92 Å². The summed E-state index contributed by atoms with van der Waals surface area (Å²) in [6.45, 7) is 4.97. The topological polar surface area (TPSA) is 33.5 Å². The van der Waals surface area contributed by atoms with Crippen LogP contribution in [0.15, 0.2) is 59.2 Å². The van der Waals surface area contributed by atoms with Crippen LogP contribution in [0.2, 0.25) is 0 Å². The zero-order valence-electron chi connectivity index (χ0n) is 12.8. The maximum absolute atomic E-state index is 12.7. The lowest BCUT2D eigenvalue weighted by molar-refractivity contribution is -0.113. The van der Waals surface area contributed by atoms with Gasteiger partial charge in [0.2, 0.25) is 0 Å². The Morgan fingerprint density at radius 1 is 1.18 bits per heavy atom. The largest absolute Gasteiger partial charge is 0.465 e. The number of amides is 1. The molecule has 0 unspecified atom stereocenters. The molecule has 1 aromatic heterocycles. The monoisotopic (exact) mass is 293 g/mol. The third kappa shape index (κ3) is 2.75. The molecule has 1 aromatic carbocycles. The molecule has 0 aliphatic carbocycles. The molecule has 1 amide bonds. The highest BCUT2D eigenvalue weighted by Crippen LogP contribution is 2.36. The highest BCUT2D eigenvalue weighted by molar-refractivity contribution is 6.32. The van der Waals surface area contributed by atoms with Gasteiger partial charge in [-0.2, -0.15) is 0 Å². The van der Waals surface area contributed by atoms with Crippen LogP contribution in [-0.4, -0.2) is 12.5 Å². The molecule has 0 saturated heterocycles. The molecule has 112 valence electrons. The number of hydrogen-bond donors (Lipinski definition) is 0. The molecule has 1 aliphatic rings. The number of nitrogens with zero attached hydrogens (tertiary/aromatic N) is 1. The Hall–Kier alpha value is -2.55. The number of para-hydroxylation sites is 1. The van der Waals surface area contributed by atoms with Crippen LogP contribution in [-0.2, 0) is 4.79 Å². The zero-order valence-corrected chi connectivity index (χ0v) is 12.8. The number of carbonyl (C=O) groups is 1. The van der Waals surface area contributed by atoms with Gasteiger partial charge in [-0.3, -0.25) is 4.79 Å². The fraction of sp³-hybridized carbons (Fsp3) is 0.211. The van der Waals surface area contributed by atoms with Crippen molar-refractivity contribution < 1.29 is 9.21 Å². The Morgan fingerprint density at radius 3 is 2.73 bits per heavy atom. The van der Waals surface area contributed by atoms with E-state index in [1.54, 1.807) is 6.26 Å². The molecule has 0 radical (unpaired) electrons. The number of allylic oxidation sites excluding steroid dienone is 2. The molecule has 3 nitrogen and oxygen atoms in total. The number of rotatable bonds is 4. The van der Waals surface area contributed by atoms with Gasteiger partial charge in [0.25, 0.3) is 5.91 Å². The SMILES string of the molecule is CC(C)CN1C(=O)/C(=C\C=C\c2ccco2)c2ccccc21. The van der Waals surface area contributed by atoms with Gasteiger partial charge in [-0.25, -0.2) is 0 Å². The number of anilines is 1. The van der Waals surface area contributed by atoms with Crippen molar-refractivity contribution in [2.24, 2.45) is 5.92 Å². The Morgan fingerprint density at radius 2 is 2.00 bits per heavy atom. The van der Waals surface area contributed by atoms with Crippen molar-refractivity contribution in [3.63, 3.8) is 0 Å². The van der Waals surface area contributed by atoms with Gasteiger partial charge < -0.3 is 9.32 Å². The summed E-state index contributed by atoms with van der Waals surface area (Å²) in [5.74, 6) is 1.27. The highest BCUT2D eigenvalue weighted by atomic mass is 16.3. The molecule has 3 rings (SSSR count). The minimum atomic E-state index is 0.0685. The van der Waals surface area contributed by atoms with E-state index in [4.69, 9.17) is 4.42 Å². The summed E-state index contributed by atoms with van der Waals surface area (Å²) in [6.07, 6.45) is 7.22. The van der Waals surface area contributed by atoms with Gasteiger partial charge >= 0.3 is 0 Å². The van der Waals surface area contributed by atoms with Crippen molar-refractivity contribution in [3.8, 4) is 0 Å². The minimum absolute atomic E-state index is 0.0685. The predicted molar refractivity (Wildman–Crippen MR) is 89.4 cm³/mol. The van der Waals surface area contributed by atoms with E-state index >= 15 is 0 Å². The summed E-state index contributed by atoms with van der Waals surface area (Å²) in [5.41, 5.74) is 2.73. The third-order valence-electron chi connectivity index (χ3n) is 3.57. The van der Waals surface area contributed by atoms with Crippen LogP contribution in [0.25, 0.3) is 11.6 Å². The van der Waals surface area contributed by atoms with Crippen molar-refractivity contribution in [2.45, 2.75) is 13.8 Å². The lowest BCUT2D eigenvalue weighted by atomic mass is 10.1. The molecule has 0 N–H and O–H groups in total. The van der Waals surface area contributed by atoms with Crippen LogP contribution in [0.3, 0.4) is 0 Å². The summed E-state index contributed by atoms with van der Waals surface area (Å²) in [4.78, 5) is 14.6. The Balaban J connectivity index is 1.93. The van der Waals surface area contributed by atoms with Crippen LogP contribution >= 0.6 is 0 Å². The van der Waals surface area contributed by atoms with Crippen LogP contribution in [0.4, 0.5) is 5.69 Å².